The van der Waals surface area contributed by atoms with Crippen LogP contribution < -0.4 is 0 Å². The van der Waals surface area contributed by atoms with Crippen molar-refractivity contribution in [2.75, 3.05) is 39.4 Å². The normalized spacial score (nSPS) is 21.9. The van der Waals surface area contributed by atoms with Crippen LogP contribution >= 0.6 is 0 Å². The summed E-state index contributed by atoms with van der Waals surface area (Å²) in [5, 5.41) is 11.0. The summed E-state index contributed by atoms with van der Waals surface area (Å²) in [5.74, 6) is -1.39. The highest BCUT2D eigenvalue weighted by Gasteiger charge is 2.46. The molecule has 156 valence electrons. The van der Waals surface area contributed by atoms with Crippen LogP contribution in [0.4, 0.5) is 0 Å². The fourth-order valence-electron chi connectivity index (χ4n) is 3.94. The lowest BCUT2D eigenvalue weighted by atomic mass is 9.95. The first-order chi connectivity index (χ1) is 14.6. The highest BCUT2D eigenvalue weighted by atomic mass is 16.5. The number of Topliss-reactive ketones (excluding diaryl/α,β-unsaturated/α-hetero) is 1. The highest BCUT2D eigenvalue weighted by Crippen LogP contribution is 2.39. The Bertz CT molecular complexity index is 950. The van der Waals surface area contributed by atoms with E-state index in [2.05, 4.69) is 9.88 Å². The fraction of sp³-hybridized carbons (Fsp3) is 0.348. The molecule has 30 heavy (non-hydrogen) atoms. The molecule has 0 saturated carbocycles. The first-order valence-electron chi connectivity index (χ1n) is 10.1. The van der Waals surface area contributed by atoms with E-state index in [1.54, 1.807) is 41.6 Å². The van der Waals surface area contributed by atoms with Crippen molar-refractivity contribution in [2.24, 2.45) is 0 Å². The SMILES string of the molecule is Cc1ccc(C(O)=C2C(=O)C(=O)N(CCN3CCOCC3)C2c2ccncc2)cc1. The Hall–Kier alpha value is -3.03. The minimum atomic E-state index is -0.656. The van der Waals surface area contributed by atoms with Gasteiger partial charge in [0.05, 0.1) is 24.8 Å². The summed E-state index contributed by atoms with van der Waals surface area (Å²) in [6.45, 7) is 5.91. The molecule has 2 aliphatic heterocycles. The van der Waals surface area contributed by atoms with Gasteiger partial charge in [0.1, 0.15) is 5.76 Å². The second-order valence-corrected chi connectivity index (χ2v) is 7.59. The number of hydrogen-bond acceptors (Lipinski definition) is 6. The number of ether oxygens (including phenoxy) is 1. The average Bonchev–Trinajstić information content (AvgIpc) is 3.04. The van der Waals surface area contributed by atoms with Crippen molar-refractivity contribution in [2.45, 2.75) is 13.0 Å². The molecule has 0 aliphatic carbocycles. The van der Waals surface area contributed by atoms with Gasteiger partial charge in [-0.1, -0.05) is 29.8 Å². The zero-order valence-corrected chi connectivity index (χ0v) is 17.0. The van der Waals surface area contributed by atoms with Gasteiger partial charge >= 0.3 is 0 Å². The largest absolute Gasteiger partial charge is 0.507 e. The number of pyridine rings is 1. The topological polar surface area (TPSA) is 83.0 Å². The summed E-state index contributed by atoms with van der Waals surface area (Å²) in [6.07, 6.45) is 3.26. The molecule has 1 aromatic carbocycles. The van der Waals surface area contributed by atoms with Crippen LogP contribution in [0.25, 0.3) is 5.76 Å². The molecule has 3 heterocycles. The molecule has 1 aromatic heterocycles. The first kappa shape index (κ1) is 20.3. The molecular weight excluding hydrogens is 382 g/mol. The number of morpholine rings is 1. The molecule has 0 spiro atoms. The number of nitrogens with zero attached hydrogens (tertiary/aromatic N) is 3. The quantitative estimate of drug-likeness (QED) is 0.465. The third-order valence-electron chi connectivity index (χ3n) is 5.65. The van der Waals surface area contributed by atoms with Crippen molar-refractivity contribution in [1.29, 1.82) is 0 Å². The van der Waals surface area contributed by atoms with Crippen LogP contribution in [0.5, 0.6) is 0 Å². The van der Waals surface area contributed by atoms with Gasteiger partial charge in [-0.15, -0.1) is 0 Å². The lowest BCUT2D eigenvalue weighted by Gasteiger charge is -2.30. The molecule has 2 aliphatic rings. The molecule has 1 amide bonds. The van der Waals surface area contributed by atoms with Crippen molar-refractivity contribution < 1.29 is 19.4 Å². The smallest absolute Gasteiger partial charge is 0.295 e. The van der Waals surface area contributed by atoms with Crippen molar-refractivity contribution in [3.63, 3.8) is 0 Å². The lowest BCUT2D eigenvalue weighted by molar-refractivity contribution is -0.140. The van der Waals surface area contributed by atoms with E-state index < -0.39 is 17.7 Å². The molecular formula is C23H25N3O4. The molecule has 2 aromatic rings. The highest BCUT2D eigenvalue weighted by molar-refractivity contribution is 6.46. The van der Waals surface area contributed by atoms with Crippen LogP contribution in [0, 0.1) is 6.92 Å². The number of carbonyl (C=O) groups excluding carboxylic acids is 2. The minimum Gasteiger partial charge on any atom is -0.507 e. The van der Waals surface area contributed by atoms with E-state index in [1.165, 1.54) is 0 Å². The maximum atomic E-state index is 13.0. The zero-order chi connectivity index (χ0) is 21.1. The number of ketones is 1. The number of hydrogen-bond donors (Lipinski definition) is 1. The van der Waals surface area contributed by atoms with Crippen LogP contribution in [0.3, 0.4) is 0 Å². The van der Waals surface area contributed by atoms with Gasteiger partial charge < -0.3 is 14.7 Å². The first-order valence-corrected chi connectivity index (χ1v) is 10.1. The minimum absolute atomic E-state index is 0.122. The second-order valence-electron chi connectivity index (χ2n) is 7.59. The number of aromatic nitrogens is 1. The molecule has 2 fully saturated rings. The maximum absolute atomic E-state index is 13.0. The van der Waals surface area contributed by atoms with Gasteiger partial charge in [-0.2, -0.15) is 0 Å². The predicted octanol–water partition coefficient (Wildman–Crippen LogP) is 2.14. The van der Waals surface area contributed by atoms with Gasteiger partial charge in [-0.3, -0.25) is 19.5 Å². The Labute approximate surface area is 175 Å². The Morgan fingerprint density at radius 1 is 1.07 bits per heavy atom. The number of benzene rings is 1. The second kappa shape index (κ2) is 8.77. The van der Waals surface area contributed by atoms with Gasteiger partial charge in [-0.05, 0) is 24.6 Å². The van der Waals surface area contributed by atoms with E-state index in [-0.39, 0.29) is 11.3 Å². The summed E-state index contributed by atoms with van der Waals surface area (Å²) in [7, 11) is 0. The number of carbonyl (C=O) groups is 2. The standard InChI is InChI=1S/C23H25N3O4/c1-16-2-4-18(5-3-16)21(27)19-20(17-6-8-24-9-7-17)26(23(29)22(19)28)11-10-25-12-14-30-15-13-25/h2-9,20,27H,10-15H2,1H3. The van der Waals surface area contributed by atoms with E-state index >= 15 is 0 Å². The zero-order valence-electron chi connectivity index (χ0n) is 17.0. The number of rotatable bonds is 5. The monoisotopic (exact) mass is 407 g/mol. The third-order valence-corrected chi connectivity index (χ3v) is 5.65. The summed E-state index contributed by atoms with van der Waals surface area (Å²) in [5.41, 5.74) is 2.44. The summed E-state index contributed by atoms with van der Waals surface area (Å²) >= 11 is 0. The van der Waals surface area contributed by atoms with Crippen LogP contribution in [0.2, 0.25) is 0 Å². The summed E-state index contributed by atoms with van der Waals surface area (Å²) < 4.78 is 5.38. The van der Waals surface area contributed by atoms with E-state index in [1.807, 2.05) is 19.1 Å². The third kappa shape index (κ3) is 3.99. The Morgan fingerprint density at radius 3 is 2.40 bits per heavy atom. The van der Waals surface area contributed by atoms with Gasteiger partial charge in [-0.25, -0.2) is 0 Å². The van der Waals surface area contributed by atoms with Gasteiger partial charge in [0.15, 0.2) is 0 Å². The molecule has 7 heteroatoms. The Morgan fingerprint density at radius 2 is 1.73 bits per heavy atom. The van der Waals surface area contributed by atoms with E-state index in [0.29, 0.717) is 31.9 Å². The van der Waals surface area contributed by atoms with Crippen molar-refractivity contribution >= 4 is 17.4 Å². The molecule has 7 nitrogen and oxygen atoms in total. The van der Waals surface area contributed by atoms with Gasteiger partial charge in [0.25, 0.3) is 11.7 Å². The van der Waals surface area contributed by atoms with Crippen molar-refractivity contribution in [1.82, 2.24) is 14.8 Å². The molecule has 1 unspecified atom stereocenters. The lowest BCUT2D eigenvalue weighted by Crippen LogP contribution is -2.42. The van der Waals surface area contributed by atoms with Crippen molar-refractivity contribution in [3.05, 3.63) is 71.1 Å². The van der Waals surface area contributed by atoms with E-state index in [9.17, 15) is 14.7 Å². The van der Waals surface area contributed by atoms with Crippen LogP contribution in [-0.4, -0.2) is 71.0 Å². The molecule has 2 saturated heterocycles. The molecule has 0 bridgehead atoms. The molecule has 1 atom stereocenters. The fourth-order valence-corrected chi connectivity index (χ4v) is 3.94. The Balaban J connectivity index is 1.71. The van der Waals surface area contributed by atoms with Gasteiger partial charge in [0, 0.05) is 44.1 Å². The molecule has 1 N–H and O–H groups in total. The number of aryl methyl sites for hydroxylation is 1. The molecule has 0 radical (unpaired) electrons. The van der Waals surface area contributed by atoms with E-state index in [4.69, 9.17) is 4.74 Å². The number of likely N-dealkylation sites (tertiary alicyclic amines) is 1. The van der Waals surface area contributed by atoms with Crippen LogP contribution in [0.15, 0.2) is 54.4 Å². The van der Waals surface area contributed by atoms with E-state index in [0.717, 1.165) is 24.2 Å². The Kier molecular flexibility index (Phi) is 5.92. The number of aliphatic hydroxyl groups excluding tert-OH is 1. The maximum Gasteiger partial charge on any atom is 0.295 e. The summed E-state index contributed by atoms with van der Waals surface area (Å²) in [4.78, 5) is 33.7. The predicted molar refractivity (Wildman–Crippen MR) is 112 cm³/mol. The average molecular weight is 407 g/mol. The van der Waals surface area contributed by atoms with Crippen molar-refractivity contribution in [3.8, 4) is 0 Å². The molecule has 4 rings (SSSR count). The van der Waals surface area contributed by atoms with Gasteiger partial charge in [0.2, 0.25) is 0 Å². The van der Waals surface area contributed by atoms with Crippen LogP contribution in [0.1, 0.15) is 22.7 Å². The summed E-state index contributed by atoms with van der Waals surface area (Å²) in [6, 6.07) is 10.2. The number of amides is 1. The van der Waals surface area contributed by atoms with Crippen LogP contribution in [-0.2, 0) is 14.3 Å². The number of aliphatic hydroxyl groups is 1.